The standard InChI is InChI=1S/C12H11ClF2N4O2/c1-17(7-11-16-4-5-18(11)12(14)15)9-3-2-8(13)6-10(9)19(20)21/h2-6,12H,7H2,1H3. The number of nitro benzene ring substituents is 1. The predicted molar refractivity (Wildman–Crippen MR) is 73.7 cm³/mol. The molecule has 1 heterocycles. The number of anilines is 1. The van der Waals surface area contributed by atoms with Gasteiger partial charge in [0.1, 0.15) is 11.5 Å². The molecule has 0 saturated heterocycles. The molecule has 0 aliphatic carbocycles. The third-order valence-electron chi connectivity index (χ3n) is 2.88. The molecule has 0 bridgehead atoms. The molecule has 2 rings (SSSR count). The number of nitrogens with zero attached hydrogens (tertiary/aromatic N) is 4. The molecule has 6 nitrogen and oxygen atoms in total. The van der Waals surface area contributed by atoms with Crippen LogP contribution in [0.2, 0.25) is 5.02 Å². The van der Waals surface area contributed by atoms with Crippen LogP contribution in [-0.4, -0.2) is 21.5 Å². The molecule has 1 aromatic carbocycles. The molecule has 1 aromatic heterocycles. The lowest BCUT2D eigenvalue weighted by Gasteiger charge is -2.19. The first-order valence-electron chi connectivity index (χ1n) is 5.85. The van der Waals surface area contributed by atoms with E-state index in [1.54, 1.807) is 7.05 Å². The molecule has 0 unspecified atom stereocenters. The Balaban J connectivity index is 2.30. The smallest absolute Gasteiger partial charge is 0.319 e. The Hall–Kier alpha value is -2.22. The van der Waals surface area contributed by atoms with E-state index >= 15 is 0 Å². The Kier molecular flexibility index (Phi) is 4.37. The summed E-state index contributed by atoms with van der Waals surface area (Å²) < 4.78 is 26.2. The van der Waals surface area contributed by atoms with E-state index in [0.717, 1.165) is 6.20 Å². The van der Waals surface area contributed by atoms with Crippen LogP contribution in [0.5, 0.6) is 0 Å². The van der Waals surface area contributed by atoms with Crippen molar-refractivity contribution in [2.75, 3.05) is 11.9 Å². The number of imidazole rings is 1. The number of hydrogen-bond acceptors (Lipinski definition) is 4. The quantitative estimate of drug-likeness (QED) is 0.626. The molecule has 9 heteroatoms. The lowest BCUT2D eigenvalue weighted by molar-refractivity contribution is -0.384. The maximum absolute atomic E-state index is 12.8. The van der Waals surface area contributed by atoms with E-state index in [-0.39, 0.29) is 28.8 Å². The molecular formula is C12H11ClF2N4O2. The third-order valence-corrected chi connectivity index (χ3v) is 3.12. The summed E-state index contributed by atoms with van der Waals surface area (Å²) >= 11 is 5.74. The number of nitro groups is 1. The van der Waals surface area contributed by atoms with Gasteiger partial charge in [0.15, 0.2) is 0 Å². The van der Waals surface area contributed by atoms with E-state index in [9.17, 15) is 18.9 Å². The van der Waals surface area contributed by atoms with Crippen LogP contribution in [0.25, 0.3) is 0 Å². The van der Waals surface area contributed by atoms with E-state index in [4.69, 9.17) is 11.6 Å². The highest BCUT2D eigenvalue weighted by atomic mass is 35.5. The second kappa shape index (κ2) is 6.04. The summed E-state index contributed by atoms with van der Waals surface area (Å²) in [7, 11) is 1.56. The number of halogens is 3. The maximum Gasteiger partial charge on any atom is 0.319 e. The minimum atomic E-state index is -2.71. The summed E-state index contributed by atoms with van der Waals surface area (Å²) in [6.45, 7) is -2.71. The van der Waals surface area contributed by atoms with Gasteiger partial charge < -0.3 is 4.90 Å². The predicted octanol–water partition coefficient (Wildman–Crippen LogP) is 3.48. The van der Waals surface area contributed by atoms with Gasteiger partial charge in [-0.05, 0) is 12.1 Å². The highest BCUT2D eigenvalue weighted by Gasteiger charge is 2.20. The zero-order valence-electron chi connectivity index (χ0n) is 10.9. The Morgan fingerprint density at radius 2 is 2.24 bits per heavy atom. The summed E-state index contributed by atoms with van der Waals surface area (Å²) in [6.07, 6.45) is 2.41. The largest absolute Gasteiger partial charge is 0.362 e. The van der Waals surface area contributed by atoms with E-state index in [1.165, 1.54) is 29.3 Å². The van der Waals surface area contributed by atoms with Gasteiger partial charge in [-0.3, -0.25) is 14.7 Å². The van der Waals surface area contributed by atoms with E-state index < -0.39 is 11.5 Å². The first-order chi connectivity index (χ1) is 9.90. The summed E-state index contributed by atoms with van der Waals surface area (Å²) in [5.41, 5.74) is 0.0772. The fraction of sp³-hybridized carbons (Fsp3) is 0.250. The minimum absolute atomic E-state index is 0.000186. The van der Waals surface area contributed by atoms with Gasteiger partial charge >= 0.3 is 6.55 Å². The fourth-order valence-electron chi connectivity index (χ4n) is 1.91. The van der Waals surface area contributed by atoms with E-state index in [1.807, 2.05) is 0 Å². The van der Waals surface area contributed by atoms with Gasteiger partial charge in [-0.1, -0.05) is 11.6 Å². The molecule has 0 aliphatic rings. The molecule has 0 atom stereocenters. The number of aromatic nitrogens is 2. The molecule has 21 heavy (non-hydrogen) atoms. The van der Waals surface area contributed by atoms with Crippen molar-refractivity contribution < 1.29 is 13.7 Å². The van der Waals surface area contributed by atoms with Gasteiger partial charge in [-0.25, -0.2) is 4.98 Å². The lowest BCUT2D eigenvalue weighted by Crippen LogP contribution is -2.20. The van der Waals surface area contributed by atoms with Crippen molar-refractivity contribution >= 4 is 23.0 Å². The zero-order valence-corrected chi connectivity index (χ0v) is 11.7. The number of alkyl halides is 2. The average Bonchev–Trinajstić information content (AvgIpc) is 2.86. The van der Waals surface area contributed by atoms with E-state index in [2.05, 4.69) is 4.98 Å². The Labute approximate surface area is 123 Å². The van der Waals surface area contributed by atoms with Crippen molar-refractivity contribution in [1.82, 2.24) is 9.55 Å². The zero-order chi connectivity index (χ0) is 15.6. The molecule has 0 spiro atoms. The van der Waals surface area contributed by atoms with Crippen LogP contribution >= 0.6 is 11.6 Å². The second-order valence-electron chi connectivity index (χ2n) is 4.27. The van der Waals surface area contributed by atoms with Crippen molar-refractivity contribution in [1.29, 1.82) is 0 Å². The van der Waals surface area contributed by atoms with Crippen LogP contribution in [-0.2, 0) is 6.54 Å². The van der Waals surface area contributed by atoms with Gasteiger partial charge in [-0.15, -0.1) is 0 Å². The number of hydrogen-bond donors (Lipinski definition) is 0. The fourth-order valence-corrected chi connectivity index (χ4v) is 2.07. The van der Waals surface area contributed by atoms with Gasteiger partial charge in [0.2, 0.25) is 0 Å². The van der Waals surface area contributed by atoms with Gasteiger partial charge in [-0.2, -0.15) is 8.78 Å². The van der Waals surface area contributed by atoms with Crippen molar-refractivity contribution in [3.05, 3.63) is 51.6 Å². The van der Waals surface area contributed by atoms with Crippen LogP contribution in [0, 0.1) is 10.1 Å². The molecule has 0 fully saturated rings. The van der Waals surface area contributed by atoms with Crippen LogP contribution < -0.4 is 4.90 Å². The molecule has 112 valence electrons. The van der Waals surface area contributed by atoms with Crippen LogP contribution in [0.15, 0.2) is 30.6 Å². The topological polar surface area (TPSA) is 64.2 Å². The van der Waals surface area contributed by atoms with Crippen molar-refractivity contribution in [3.63, 3.8) is 0 Å². The number of rotatable bonds is 5. The average molecular weight is 317 g/mol. The highest BCUT2D eigenvalue weighted by Crippen LogP contribution is 2.31. The first-order valence-corrected chi connectivity index (χ1v) is 6.23. The Morgan fingerprint density at radius 3 is 2.86 bits per heavy atom. The lowest BCUT2D eigenvalue weighted by atomic mass is 10.2. The molecule has 0 radical (unpaired) electrons. The van der Waals surface area contributed by atoms with Gasteiger partial charge in [0.25, 0.3) is 5.69 Å². The molecule has 0 saturated carbocycles. The third kappa shape index (κ3) is 3.27. The molecule has 0 aliphatic heterocycles. The molecule has 2 aromatic rings. The van der Waals surface area contributed by atoms with Crippen LogP contribution in [0.4, 0.5) is 20.2 Å². The van der Waals surface area contributed by atoms with Crippen LogP contribution in [0.3, 0.4) is 0 Å². The first kappa shape index (κ1) is 15.2. The Bertz CT molecular complexity index is 662. The SMILES string of the molecule is CN(Cc1nccn1C(F)F)c1ccc(Cl)cc1[N+](=O)[O-]. The van der Waals surface area contributed by atoms with Crippen molar-refractivity contribution in [2.45, 2.75) is 13.1 Å². The highest BCUT2D eigenvalue weighted by molar-refractivity contribution is 6.30. The van der Waals surface area contributed by atoms with E-state index in [0.29, 0.717) is 4.57 Å². The monoisotopic (exact) mass is 316 g/mol. The molecular weight excluding hydrogens is 306 g/mol. The normalized spacial score (nSPS) is 10.9. The summed E-state index contributed by atoms with van der Waals surface area (Å²) in [6, 6.07) is 4.18. The second-order valence-corrected chi connectivity index (χ2v) is 4.71. The molecule has 0 N–H and O–H groups in total. The summed E-state index contributed by atoms with van der Waals surface area (Å²) in [5, 5.41) is 11.3. The summed E-state index contributed by atoms with van der Waals surface area (Å²) in [4.78, 5) is 15.8. The maximum atomic E-state index is 12.8. The van der Waals surface area contributed by atoms with Gasteiger partial charge in [0.05, 0.1) is 11.5 Å². The van der Waals surface area contributed by atoms with Crippen molar-refractivity contribution in [2.24, 2.45) is 0 Å². The number of benzene rings is 1. The van der Waals surface area contributed by atoms with Gasteiger partial charge in [0, 0.05) is 30.5 Å². The Morgan fingerprint density at radius 1 is 1.52 bits per heavy atom. The molecule has 0 amide bonds. The summed E-state index contributed by atoms with van der Waals surface area (Å²) in [5.74, 6) is 0.108. The van der Waals surface area contributed by atoms with Crippen LogP contribution in [0.1, 0.15) is 12.4 Å². The minimum Gasteiger partial charge on any atom is -0.362 e. The van der Waals surface area contributed by atoms with Crippen molar-refractivity contribution in [3.8, 4) is 0 Å².